The Morgan fingerprint density at radius 2 is 1.83 bits per heavy atom. The molecular formula is C32H41NO2. The van der Waals surface area contributed by atoms with Crippen molar-refractivity contribution in [1.82, 2.24) is 4.90 Å². The van der Waals surface area contributed by atoms with Crippen LogP contribution in [0.4, 0.5) is 0 Å². The number of rotatable bonds is 4. The maximum atomic E-state index is 12.7. The van der Waals surface area contributed by atoms with Gasteiger partial charge in [0.1, 0.15) is 5.75 Å². The van der Waals surface area contributed by atoms with Crippen molar-refractivity contribution in [3.8, 4) is 17.6 Å². The SMILES string of the molecule is CC.CCCC(=O)/C=C1/C(C#Cc2ccc3cc(OC)ccc3c2)=C[C@H](C)N2CCCCC2[C@@H]1C. The van der Waals surface area contributed by atoms with Crippen LogP contribution in [0.15, 0.2) is 59.7 Å². The molecule has 0 saturated carbocycles. The number of carbonyl (C=O) groups is 1. The van der Waals surface area contributed by atoms with Gasteiger partial charge in [-0.3, -0.25) is 9.69 Å². The lowest BCUT2D eigenvalue weighted by molar-refractivity contribution is -0.114. The Bertz CT molecular complexity index is 1150. The average Bonchev–Trinajstić information content (AvgIpc) is 2.99. The standard InChI is InChI=1S/C30H35NO2.C2H6/c1-5-8-27(32)20-29-22(3)30-9-6-7-16-31(30)21(2)17-26(29)13-11-23-10-12-25-19-28(33-4)15-14-24(25)18-23;1-2/h10,12,14-15,17-22,30H,5-9,16H2,1-4H3;1-2H3/b29-20+;/t21-,22+,30?;/m0./s1. The minimum absolute atomic E-state index is 0.212. The van der Waals surface area contributed by atoms with E-state index < -0.39 is 0 Å². The molecule has 0 bridgehead atoms. The van der Waals surface area contributed by atoms with Crippen LogP contribution in [0.2, 0.25) is 0 Å². The second-order valence-electron chi connectivity index (χ2n) is 9.40. The van der Waals surface area contributed by atoms with Gasteiger partial charge >= 0.3 is 0 Å². The van der Waals surface area contributed by atoms with Crippen LogP contribution in [0.3, 0.4) is 0 Å². The lowest BCUT2D eigenvalue weighted by Crippen LogP contribution is -2.46. The maximum absolute atomic E-state index is 12.7. The molecule has 1 unspecified atom stereocenters. The monoisotopic (exact) mass is 471 g/mol. The summed E-state index contributed by atoms with van der Waals surface area (Å²) >= 11 is 0. The summed E-state index contributed by atoms with van der Waals surface area (Å²) in [5, 5.41) is 2.28. The molecule has 0 amide bonds. The van der Waals surface area contributed by atoms with Crippen molar-refractivity contribution in [2.45, 2.75) is 78.8 Å². The second-order valence-corrected chi connectivity index (χ2v) is 9.40. The first-order valence-electron chi connectivity index (χ1n) is 13.3. The van der Waals surface area contributed by atoms with Crippen LogP contribution < -0.4 is 4.74 Å². The summed E-state index contributed by atoms with van der Waals surface area (Å²) in [5.41, 5.74) is 3.12. The Morgan fingerprint density at radius 1 is 1.09 bits per heavy atom. The molecule has 35 heavy (non-hydrogen) atoms. The van der Waals surface area contributed by atoms with E-state index in [-0.39, 0.29) is 5.78 Å². The maximum Gasteiger partial charge on any atom is 0.156 e. The fourth-order valence-corrected chi connectivity index (χ4v) is 5.29. The second kappa shape index (κ2) is 12.8. The Labute approximate surface area is 212 Å². The molecule has 0 aliphatic carbocycles. The van der Waals surface area contributed by atoms with Crippen LogP contribution in [0.1, 0.15) is 72.3 Å². The van der Waals surface area contributed by atoms with Crippen molar-refractivity contribution >= 4 is 16.6 Å². The van der Waals surface area contributed by atoms with Gasteiger partial charge < -0.3 is 4.74 Å². The normalized spacial score (nSPS) is 23.2. The third-order valence-electron chi connectivity index (χ3n) is 7.10. The van der Waals surface area contributed by atoms with Gasteiger partial charge in [-0.05, 0) is 85.3 Å². The number of ether oxygens (including phenoxy) is 1. The van der Waals surface area contributed by atoms with Gasteiger partial charge in [0.25, 0.3) is 0 Å². The molecule has 2 aliphatic heterocycles. The van der Waals surface area contributed by atoms with Crippen molar-refractivity contribution in [3.63, 3.8) is 0 Å². The Hall–Kier alpha value is -2.83. The fraction of sp³-hybridized carbons (Fsp3) is 0.469. The van der Waals surface area contributed by atoms with Crippen LogP contribution in [0.5, 0.6) is 5.75 Å². The van der Waals surface area contributed by atoms with E-state index >= 15 is 0 Å². The molecule has 0 aromatic heterocycles. The first kappa shape index (κ1) is 26.8. The highest BCUT2D eigenvalue weighted by molar-refractivity contribution is 5.91. The van der Waals surface area contributed by atoms with Crippen molar-refractivity contribution in [1.29, 1.82) is 0 Å². The highest BCUT2D eigenvalue weighted by Gasteiger charge is 2.35. The summed E-state index contributed by atoms with van der Waals surface area (Å²) in [4.78, 5) is 15.3. The zero-order chi connectivity index (χ0) is 25.4. The number of nitrogens with zero attached hydrogens (tertiary/aromatic N) is 1. The summed E-state index contributed by atoms with van der Waals surface area (Å²) in [5.74, 6) is 8.23. The highest BCUT2D eigenvalue weighted by Crippen LogP contribution is 2.36. The van der Waals surface area contributed by atoms with E-state index in [2.05, 4.69) is 67.9 Å². The van der Waals surface area contributed by atoms with Crippen LogP contribution in [0, 0.1) is 17.8 Å². The van der Waals surface area contributed by atoms with Gasteiger partial charge in [0.2, 0.25) is 0 Å². The number of carbonyl (C=O) groups excluding carboxylic acids is 1. The molecule has 3 atom stereocenters. The topological polar surface area (TPSA) is 29.5 Å². The van der Waals surface area contributed by atoms with Gasteiger partial charge in [-0.2, -0.15) is 0 Å². The number of benzene rings is 2. The molecule has 2 aromatic carbocycles. The van der Waals surface area contributed by atoms with E-state index in [1.54, 1.807) is 7.11 Å². The van der Waals surface area contributed by atoms with Crippen LogP contribution in [-0.2, 0) is 4.79 Å². The van der Waals surface area contributed by atoms with Crippen molar-refractivity contribution in [2.75, 3.05) is 13.7 Å². The summed E-state index contributed by atoms with van der Waals surface area (Å²) in [6.07, 6.45) is 9.34. The van der Waals surface area contributed by atoms with Gasteiger partial charge in [-0.25, -0.2) is 0 Å². The van der Waals surface area contributed by atoms with Crippen molar-refractivity contribution < 1.29 is 9.53 Å². The quantitative estimate of drug-likeness (QED) is 0.345. The molecule has 0 radical (unpaired) electrons. The first-order valence-corrected chi connectivity index (χ1v) is 13.3. The number of piperidine rings is 1. The van der Waals surface area contributed by atoms with E-state index in [9.17, 15) is 4.79 Å². The summed E-state index contributed by atoms with van der Waals surface area (Å²) in [6, 6.07) is 13.2. The molecular weight excluding hydrogens is 430 g/mol. The van der Waals surface area contributed by atoms with Gasteiger partial charge in [0, 0.05) is 29.6 Å². The minimum Gasteiger partial charge on any atom is -0.497 e. The Morgan fingerprint density at radius 3 is 2.57 bits per heavy atom. The minimum atomic E-state index is 0.212. The van der Waals surface area contributed by atoms with E-state index in [4.69, 9.17) is 4.74 Å². The van der Waals surface area contributed by atoms with Crippen LogP contribution in [-0.4, -0.2) is 36.4 Å². The number of hydrogen-bond donors (Lipinski definition) is 0. The van der Waals surface area contributed by atoms with Gasteiger partial charge in [0.05, 0.1) is 7.11 Å². The zero-order valence-electron chi connectivity index (χ0n) is 22.4. The third kappa shape index (κ3) is 6.44. The number of methoxy groups -OCH3 is 1. The molecule has 0 N–H and O–H groups in total. The molecule has 3 nitrogen and oxygen atoms in total. The van der Waals surface area contributed by atoms with Crippen molar-refractivity contribution in [2.24, 2.45) is 5.92 Å². The summed E-state index contributed by atoms with van der Waals surface area (Å²) < 4.78 is 5.34. The molecule has 1 fully saturated rings. The molecule has 2 aromatic rings. The molecule has 186 valence electrons. The lowest BCUT2D eigenvalue weighted by atomic mass is 9.83. The van der Waals surface area contributed by atoms with Crippen LogP contribution >= 0.6 is 0 Å². The van der Waals surface area contributed by atoms with E-state index in [0.717, 1.165) is 46.2 Å². The number of hydrogen-bond acceptors (Lipinski definition) is 3. The molecule has 3 heteroatoms. The van der Waals surface area contributed by atoms with E-state index in [0.29, 0.717) is 24.4 Å². The first-order chi connectivity index (χ1) is 17.0. The van der Waals surface area contributed by atoms with Gasteiger partial charge in [0.15, 0.2) is 5.78 Å². The molecule has 0 spiro atoms. The predicted molar refractivity (Wildman–Crippen MR) is 148 cm³/mol. The van der Waals surface area contributed by atoms with E-state index in [1.807, 2.05) is 32.1 Å². The fourth-order valence-electron chi connectivity index (χ4n) is 5.29. The third-order valence-corrected chi connectivity index (χ3v) is 7.10. The van der Waals surface area contributed by atoms with Crippen molar-refractivity contribution in [3.05, 3.63) is 65.3 Å². The average molecular weight is 472 g/mol. The van der Waals surface area contributed by atoms with E-state index in [1.165, 1.54) is 19.3 Å². The smallest absolute Gasteiger partial charge is 0.156 e. The number of ketones is 1. The summed E-state index contributed by atoms with van der Waals surface area (Å²) in [7, 11) is 1.69. The number of fused-ring (bicyclic) bond motifs is 2. The van der Waals surface area contributed by atoms with Crippen LogP contribution in [0.25, 0.3) is 10.8 Å². The lowest BCUT2D eigenvalue weighted by Gasteiger charge is -2.40. The van der Waals surface area contributed by atoms with Gasteiger partial charge in [-0.15, -0.1) is 0 Å². The zero-order valence-corrected chi connectivity index (χ0v) is 22.4. The predicted octanol–water partition coefficient (Wildman–Crippen LogP) is 7.34. The highest BCUT2D eigenvalue weighted by atomic mass is 16.5. The number of allylic oxidation sites excluding steroid dienone is 2. The van der Waals surface area contributed by atoms with Gasteiger partial charge in [-0.1, -0.05) is 64.2 Å². The summed E-state index contributed by atoms with van der Waals surface area (Å²) in [6.45, 7) is 11.7. The Kier molecular flexibility index (Phi) is 9.75. The molecule has 2 heterocycles. The molecule has 4 rings (SSSR count). The Balaban J connectivity index is 0.00000167. The molecule has 1 saturated heterocycles. The molecule has 2 aliphatic rings. The largest absolute Gasteiger partial charge is 0.497 e.